The number of aromatic nitrogens is 1. The van der Waals surface area contributed by atoms with Gasteiger partial charge in [-0.2, -0.15) is 13.2 Å². The van der Waals surface area contributed by atoms with E-state index in [1.807, 2.05) is 0 Å². The van der Waals surface area contributed by atoms with Gasteiger partial charge in [-0.15, -0.1) is 0 Å². The van der Waals surface area contributed by atoms with Crippen molar-refractivity contribution in [3.05, 3.63) is 29.8 Å². The number of likely N-dealkylation sites (tertiary alicyclic amines) is 1. The number of halogens is 4. The zero-order chi connectivity index (χ0) is 21.8. The molecule has 1 aromatic rings. The van der Waals surface area contributed by atoms with Crippen LogP contribution in [0.25, 0.3) is 0 Å². The predicted molar refractivity (Wildman–Crippen MR) is 91.6 cm³/mol. The number of carbonyl (C=O) groups excluding carboxylic acids is 1. The van der Waals surface area contributed by atoms with Crippen molar-refractivity contribution in [2.75, 3.05) is 26.4 Å². The number of alkyl halides is 3. The molecule has 2 fully saturated rings. The lowest BCUT2D eigenvalue weighted by Gasteiger charge is -2.22. The van der Waals surface area contributed by atoms with Crippen molar-refractivity contribution in [3.63, 3.8) is 0 Å². The minimum atomic E-state index is -5.08. The summed E-state index contributed by atoms with van der Waals surface area (Å²) >= 11 is 0. The number of carbonyl (C=O) groups is 2. The van der Waals surface area contributed by atoms with Crippen molar-refractivity contribution in [1.82, 2.24) is 9.88 Å². The summed E-state index contributed by atoms with van der Waals surface area (Å²) < 4.78 is 57.0. The molecular weight excluding hydrogens is 400 g/mol. The van der Waals surface area contributed by atoms with Crippen LogP contribution < -0.4 is 0 Å². The van der Waals surface area contributed by atoms with Gasteiger partial charge in [-0.05, 0) is 12.0 Å². The molecule has 162 valence electrons. The summed E-state index contributed by atoms with van der Waals surface area (Å²) in [5.41, 5.74) is 0.0603. The van der Waals surface area contributed by atoms with Crippen molar-refractivity contribution in [3.8, 4) is 0 Å². The second kappa shape index (κ2) is 9.49. The Morgan fingerprint density at radius 2 is 2.03 bits per heavy atom. The number of nitrogens with zero attached hydrogens (tertiary/aromatic N) is 2. The van der Waals surface area contributed by atoms with Gasteiger partial charge < -0.3 is 19.5 Å². The molecule has 2 aliphatic rings. The lowest BCUT2D eigenvalue weighted by Crippen LogP contribution is -2.38. The zero-order valence-electron chi connectivity index (χ0n) is 15.9. The maximum absolute atomic E-state index is 13.8. The van der Waals surface area contributed by atoms with Crippen molar-refractivity contribution in [2.24, 2.45) is 11.8 Å². The highest BCUT2D eigenvalue weighted by Crippen LogP contribution is 2.33. The van der Waals surface area contributed by atoms with E-state index in [4.69, 9.17) is 19.4 Å². The molecule has 1 N–H and O–H groups in total. The second-order valence-corrected chi connectivity index (χ2v) is 7.15. The van der Waals surface area contributed by atoms with Crippen LogP contribution in [0.2, 0.25) is 0 Å². The molecule has 7 nitrogen and oxygen atoms in total. The third-order valence-corrected chi connectivity index (χ3v) is 4.50. The number of amides is 1. The van der Waals surface area contributed by atoms with E-state index in [-0.39, 0.29) is 29.5 Å². The maximum Gasteiger partial charge on any atom is 0.490 e. The fourth-order valence-electron chi connectivity index (χ4n) is 3.13. The van der Waals surface area contributed by atoms with Crippen LogP contribution in [0.3, 0.4) is 0 Å². The lowest BCUT2D eigenvalue weighted by molar-refractivity contribution is -0.192. The molecule has 1 amide bonds. The largest absolute Gasteiger partial charge is 0.490 e. The van der Waals surface area contributed by atoms with Crippen LogP contribution in [0.1, 0.15) is 24.2 Å². The maximum atomic E-state index is 13.8. The highest BCUT2D eigenvalue weighted by atomic mass is 19.4. The van der Waals surface area contributed by atoms with E-state index in [0.717, 1.165) is 6.20 Å². The van der Waals surface area contributed by atoms with Gasteiger partial charge >= 0.3 is 12.1 Å². The Labute approximate surface area is 164 Å². The number of fused-ring (bicyclic) bond motifs is 1. The predicted octanol–water partition coefficient (Wildman–Crippen LogP) is 2.37. The summed E-state index contributed by atoms with van der Waals surface area (Å²) in [6.07, 6.45) is -2.62. The van der Waals surface area contributed by atoms with Crippen LogP contribution >= 0.6 is 0 Å². The quantitative estimate of drug-likeness (QED) is 0.750. The van der Waals surface area contributed by atoms with Gasteiger partial charge in [0.25, 0.3) is 5.91 Å². The first-order valence-electron chi connectivity index (χ1n) is 8.92. The van der Waals surface area contributed by atoms with Crippen molar-refractivity contribution >= 4 is 11.9 Å². The molecule has 0 aromatic carbocycles. The molecule has 0 spiro atoms. The third-order valence-electron chi connectivity index (χ3n) is 4.50. The summed E-state index contributed by atoms with van der Waals surface area (Å²) in [7, 11) is 0. The molecule has 3 atom stereocenters. The first-order chi connectivity index (χ1) is 13.5. The Kier molecular flexibility index (Phi) is 7.53. The molecule has 2 saturated heterocycles. The van der Waals surface area contributed by atoms with Crippen molar-refractivity contribution in [1.29, 1.82) is 0 Å². The summed E-state index contributed by atoms with van der Waals surface area (Å²) in [4.78, 5) is 26.9. The number of carboxylic acids is 1. The normalized spacial score (nSPS) is 23.6. The number of hydrogen-bond donors (Lipinski definition) is 1. The van der Waals surface area contributed by atoms with Crippen LogP contribution in [0.5, 0.6) is 0 Å². The van der Waals surface area contributed by atoms with Gasteiger partial charge in [0.1, 0.15) is 0 Å². The molecule has 1 aromatic heterocycles. The number of carboxylic acid groups (broad SMARTS) is 1. The van der Waals surface area contributed by atoms with Crippen molar-refractivity contribution in [2.45, 2.75) is 32.2 Å². The van der Waals surface area contributed by atoms with Crippen LogP contribution in [0.15, 0.2) is 18.5 Å². The van der Waals surface area contributed by atoms with E-state index in [1.165, 1.54) is 12.3 Å². The van der Waals surface area contributed by atoms with Gasteiger partial charge in [-0.1, -0.05) is 13.8 Å². The average Bonchev–Trinajstić information content (AvgIpc) is 3.22. The van der Waals surface area contributed by atoms with E-state index >= 15 is 0 Å². The fraction of sp³-hybridized carbons (Fsp3) is 0.611. The number of aliphatic carboxylic acids is 1. The monoisotopic (exact) mass is 422 g/mol. The number of rotatable bonds is 4. The van der Waals surface area contributed by atoms with Crippen LogP contribution in [0.4, 0.5) is 17.6 Å². The highest BCUT2D eigenvalue weighted by Gasteiger charge is 2.48. The van der Waals surface area contributed by atoms with Crippen molar-refractivity contribution < 1.29 is 41.7 Å². The lowest BCUT2D eigenvalue weighted by atomic mass is 10.0. The van der Waals surface area contributed by atoms with Gasteiger partial charge in [0.05, 0.1) is 37.1 Å². The molecule has 11 heteroatoms. The fourth-order valence-corrected chi connectivity index (χ4v) is 3.13. The molecule has 2 aliphatic heterocycles. The van der Waals surface area contributed by atoms with E-state index in [0.29, 0.717) is 32.3 Å². The van der Waals surface area contributed by atoms with Gasteiger partial charge in [0, 0.05) is 25.3 Å². The van der Waals surface area contributed by atoms with Gasteiger partial charge in [-0.25, -0.2) is 9.18 Å². The Hall–Kier alpha value is -2.27. The van der Waals surface area contributed by atoms with Crippen LogP contribution in [-0.2, 0) is 14.3 Å². The Morgan fingerprint density at radius 3 is 2.59 bits per heavy atom. The minimum Gasteiger partial charge on any atom is -0.475 e. The number of ether oxygens (including phenoxy) is 2. The minimum absolute atomic E-state index is 0.0303. The topological polar surface area (TPSA) is 89.0 Å². The third kappa shape index (κ3) is 5.86. The second-order valence-electron chi connectivity index (χ2n) is 7.15. The standard InChI is InChI=1S/C16H21FN2O3.C2HF3O2/c1-10(2)7-22-15-6-19(14-9-21-8-12(14)15)16(20)11-3-4-18-5-13(11)17;3-2(4,5)1(6)7/h3-5,10,12,14-15H,6-9H2,1-2H3;(H,6,7)/t12-,14+,15-;/m0./s1. The van der Waals surface area contributed by atoms with Crippen LogP contribution in [-0.4, -0.2) is 71.6 Å². The van der Waals surface area contributed by atoms with E-state index < -0.39 is 18.0 Å². The zero-order valence-corrected chi connectivity index (χ0v) is 15.9. The highest BCUT2D eigenvalue weighted by molar-refractivity contribution is 5.94. The van der Waals surface area contributed by atoms with E-state index in [2.05, 4.69) is 18.8 Å². The molecule has 0 unspecified atom stereocenters. The summed E-state index contributed by atoms with van der Waals surface area (Å²) in [5.74, 6) is -3.05. The molecule has 0 radical (unpaired) electrons. The molecule has 0 saturated carbocycles. The summed E-state index contributed by atoms with van der Waals surface area (Å²) in [5, 5.41) is 7.12. The SMILES string of the molecule is CC(C)CO[C@H]1CN(C(=O)c2ccncc2F)[C@@H]2COC[C@H]12.O=C(O)C(F)(F)F. The Morgan fingerprint density at radius 1 is 1.38 bits per heavy atom. The molecule has 3 rings (SSSR count). The van der Waals surface area contributed by atoms with E-state index in [1.54, 1.807) is 4.90 Å². The Balaban J connectivity index is 0.000000370. The molecule has 0 bridgehead atoms. The number of pyridine rings is 1. The molecule has 29 heavy (non-hydrogen) atoms. The average molecular weight is 422 g/mol. The summed E-state index contributed by atoms with van der Waals surface area (Å²) in [6.45, 7) is 6.41. The smallest absolute Gasteiger partial charge is 0.475 e. The van der Waals surface area contributed by atoms with Gasteiger partial charge in [0.2, 0.25) is 0 Å². The van der Waals surface area contributed by atoms with Gasteiger partial charge in [-0.3, -0.25) is 9.78 Å². The van der Waals surface area contributed by atoms with E-state index in [9.17, 15) is 22.4 Å². The first kappa shape index (κ1) is 23.0. The van der Waals surface area contributed by atoms with Crippen LogP contribution in [0, 0.1) is 17.7 Å². The van der Waals surface area contributed by atoms with Gasteiger partial charge in [0.15, 0.2) is 5.82 Å². The molecular formula is C18H22F4N2O5. The summed E-state index contributed by atoms with van der Waals surface area (Å²) in [6, 6.07) is 1.39. The molecule has 0 aliphatic carbocycles. The molecule has 3 heterocycles. The number of hydrogen-bond acceptors (Lipinski definition) is 5. The first-order valence-corrected chi connectivity index (χ1v) is 8.92. The Bertz CT molecular complexity index is 728.